The lowest BCUT2D eigenvalue weighted by molar-refractivity contribution is -0.0752. The van der Waals surface area contributed by atoms with Gasteiger partial charge in [0, 0.05) is 12.4 Å². The summed E-state index contributed by atoms with van der Waals surface area (Å²) in [5, 5.41) is 3.25. The molecule has 3 fully saturated rings. The molecule has 1 nitrogen and oxygen atoms in total. The minimum Gasteiger partial charge on any atom is -0.368 e. The molecule has 7 atom stereocenters. The molecule has 1 heteroatoms. The predicted octanol–water partition coefficient (Wildman–Crippen LogP) is 6.37. The van der Waals surface area contributed by atoms with E-state index in [1.165, 1.54) is 51.4 Å². The molecule has 1 aliphatic heterocycles. The van der Waals surface area contributed by atoms with E-state index in [2.05, 4.69) is 55.7 Å². The van der Waals surface area contributed by atoms with Crippen molar-refractivity contribution in [3.63, 3.8) is 0 Å². The minimum absolute atomic E-state index is 0.495. The van der Waals surface area contributed by atoms with Crippen LogP contribution in [0.5, 0.6) is 0 Å². The van der Waals surface area contributed by atoms with Gasteiger partial charge >= 0.3 is 0 Å². The van der Waals surface area contributed by atoms with Gasteiger partial charge in [-0.3, -0.25) is 0 Å². The second-order valence-electron chi connectivity index (χ2n) is 10.2. The van der Waals surface area contributed by atoms with Crippen LogP contribution in [-0.2, 0) is 0 Å². The Balaban J connectivity index is 1.45. The molecule has 0 aromatic rings. The van der Waals surface area contributed by atoms with E-state index in [4.69, 9.17) is 0 Å². The molecule has 3 saturated carbocycles. The van der Waals surface area contributed by atoms with Gasteiger partial charge in [-0.15, -0.1) is 0 Å². The van der Waals surface area contributed by atoms with Gasteiger partial charge in [-0.25, -0.2) is 0 Å². The van der Waals surface area contributed by atoms with Crippen molar-refractivity contribution in [2.24, 2.45) is 40.4 Å². The van der Waals surface area contributed by atoms with Gasteiger partial charge < -0.3 is 5.32 Å². The minimum atomic E-state index is 0.495. The van der Waals surface area contributed by atoms with E-state index in [9.17, 15) is 0 Å². The summed E-state index contributed by atoms with van der Waals surface area (Å²) >= 11 is 0. The third kappa shape index (κ3) is 2.35. The third-order valence-electron chi connectivity index (χ3n) is 9.38. The van der Waals surface area contributed by atoms with Crippen molar-refractivity contribution in [2.45, 2.75) is 65.2 Å². The smallest absolute Gasteiger partial charge is 0.000728 e. The maximum absolute atomic E-state index is 3.25. The van der Waals surface area contributed by atoms with Gasteiger partial charge in [0.2, 0.25) is 0 Å². The van der Waals surface area contributed by atoms with Crippen molar-refractivity contribution in [3.8, 4) is 0 Å². The first kappa shape index (κ1) is 16.9. The van der Waals surface area contributed by atoms with Crippen LogP contribution in [0.4, 0.5) is 0 Å². The molecule has 0 amide bonds. The van der Waals surface area contributed by atoms with E-state index in [1.54, 1.807) is 5.57 Å². The second-order valence-corrected chi connectivity index (χ2v) is 10.2. The Morgan fingerprint density at radius 2 is 1.88 bits per heavy atom. The number of rotatable bonds is 1. The number of hydrogen-bond acceptors (Lipinski definition) is 1. The fourth-order valence-corrected chi connectivity index (χ4v) is 8.07. The van der Waals surface area contributed by atoms with Crippen molar-refractivity contribution in [2.75, 3.05) is 0 Å². The van der Waals surface area contributed by atoms with E-state index in [-0.39, 0.29) is 0 Å². The van der Waals surface area contributed by atoms with Gasteiger partial charge in [-0.1, -0.05) is 32.1 Å². The first-order valence-electron chi connectivity index (χ1n) is 11.1. The zero-order chi connectivity index (χ0) is 17.8. The van der Waals surface area contributed by atoms with E-state index >= 15 is 0 Å². The Morgan fingerprint density at radius 1 is 0.962 bits per heavy atom. The van der Waals surface area contributed by atoms with Crippen molar-refractivity contribution < 1.29 is 0 Å². The van der Waals surface area contributed by atoms with Gasteiger partial charge in [0.25, 0.3) is 0 Å². The maximum atomic E-state index is 3.25. The second kappa shape index (κ2) is 6.14. The highest BCUT2D eigenvalue weighted by molar-refractivity contribution is 5.32. The van der Waals surface area contributed by atoms with Crippen LogP contribution in [-0.4, -0.2) is 0 Å². The van der Waals surface area contributed by atoms with Crippen molar-refractivity contribution >= 4 is 0 Å². The molecule has 1 N–H and O–H groups in total. The molecule has 0 radical (unpaired) electrons. The Bertz CT molecular complexity index is 682. The van der Waals surface area contributed by atoms with Crippen LogP contribution in [0, 0.1) is 40.4 Å². The summed E-state index contributed by atoms with van der Waals surface area (Å²) in [7, 11) is 0. The molecule has 0 bridgehead atoms. The van der Waals surface area contributed by atoms with Crippen molar-refractivity contribution in [3.05, 3.63) is 48.4 Å². The molecule has 140 valence electrons. The molecule has 5 aliphatic rings. The van der Waals surface area contributed by atoms with Crippen LogP contribution in [0.15, 0.2) is 48.4 Å². The highest BCUT2D eigenvalue weighted by atomic mass is 14.8. The van der Waals surface area contributed by atoms with Gasteiger partial charge in [-0.2, -0.15) is 0 Å². The molecule has 2 unspecified atom stereocenters. The summed E-state index contributed by atoms with van der Waals surface area (Å²) in [5.74, 6) is 4.55. The topological polar surface area (TPSA) is 12.0 Å². The molecule has 5 rings (SSSR count). The Morgan fingerprint density at radius 3 is 2.81 bits per heavy atom. The van der Waals surface area contributed by atoms with Crippen LogP contribution in [0.25, 0.3) is 0 Å². The van der Waals surface area contributed by atoms with Gasteiger partial charge in [0.1, 0.15) is 0 Å². The number of nitrogens with one attached hydrogen (secondary N) is 1. The van der Waals surface area contributed by atoms with Crippen LogP contribution < -0.4 is 5.32 Å². The van der Waals surface area contributed by atoms with E-state index in [0.717, 1.165) is 29.6 Å². The Labute approximate surface area is 159 Å². The SMILES string of the molecule is C[C@]12C=CCCC1CC[C@@H]1[C@@H]2CC[C@]2(C)C(C3=CC=CNC=C3)CC[C@@H]12. The molecular formula is C25H35N. The lowest BCUT2D eigenvalue weighted by atomic mass is 9.46. The predicted molar refractivity (Wildman–Crippen MR) is 109 cm³/mol. The van der Waals surface area contributed by atoms with Crippen molar-refractivity contribution in [1.82, 2.24) is 5.32 Å². The Hall–Kier alpha value is -1.24. The summed E-state index contributed by atoms with van der Waals surface area (Å²) in [5.41, 5.74) is 2.57. The third-order valence-corrected chi connectivity index (χ3v) is 9.38. The lowest BCUT2D eigenvalue weighted by Gasteiger charge is -2.59. The standard InChI is InChI=1S/C25H35N/c1-24-14-4-3-7-19(24)8-9-20-22-11-10-21(18-6-5-16-26-17-13-18)25(22,2)15-12-23(20)24/h4-6,13-14,16-17,19-23,26H,3,7-12,15H2,1-2H3/t19?,20-,21?,22-,23-,24-,25+/m0/s1. The van der Waals surface area contributed by atoms with E-state index in [0.29, 0.717) is 10.8 Å². The highest BCUT2D eigenvalue weighted by Gasteiger charge is 2.59. The van der Waals surface area contributed by atoms with Gasteiger partial charge in [-0.05, 0) is 110 Å². The van der Waals surface area contributed by atoms with Crippen LogP contribution in [0.2, 0.25) is 0 Å². The monoisotopic (exact) mass is 349 g/mol. The molecule has 0 aromatic carbocycles. The lowest BCUT2D eigenvalue weighted by Crippen LogP contribution is -2.51. The summed E-state index contributed by atoms with van der Waals surface area (Å²) < 4.78 is 0. The largest absolute Gasteiger partial charge is 0.368 e. The molecule has 0 aromatic heterocycles. The number of fused-ring (bicyclic) bond motifs is 5. The van der Waals surface area contributed by atoms with Crippen molar-refractivity contribution in [1.29, 1.82) is 0 Å². The average Bonchev–Trinajstić information content (AvgIpc) is 2.81. The summed E-state index contributed by atoms with van der Waals surface area (Å²) in [6.07, 6.45) is 27.7. The quantitative estimate of drug-likeness (QED) is 0.542. The van der Waals surface area contributed by atoms with Gasteiger partial charge in [0.05, 0.1) is 0 Å². The average molecular weight is 350 g/mol. The van der Waals surface area contributed by atoms with Crippen LogP contribution in [0.3, 0.4) is 0 Å². The molecule has 0 spiro atoms. The summed E-state index contributed by atoms with van der Waals surface area (Å²) in [4.78, 5) is 0. The highest BCUT2D eigenvalue weighted by Crippen LogP contribution is 2.67. The molecule has 0 saturated heterocycles. The molecular weight excluding hydrogens is 314 g/mol. The first-order chi connectivity index (χ1) is 12.6. The zero-order valence-corrected chi connectivity index (χ0v) is 16.6. The van der Waals surface area contributed by atoms with Crippen LogP contribution in [0.1, 0.15) is 65.2 Å². The summed E-state index contributed by atoms with van der Waals surface area (Å²) in [6, 6.07) is 0. The zero-order valence-electron chi connectivity index (χ0n) is 16.6. The van der Waals surface area contributed by atoms with Crippen LogP contribution >= 0.6 is 0 Å². The van der Waals surface area contributed by atoms with E-state index in [1.807, 2.05) is 6.20 Å². The number of hydrogen-bond donors (Lipinski definition) is 1. The molecule has 26 heavy (non-hydrogen) atoms. The molecule has 4 aliphatic carbocycles. The maximum Gasteiger partial charge on any atom is 0.000728 e. The normalized spacial score (nSPS) is 49.5. The van der Waals surface area contributed by atoms with E-state index < -0.39 is 0 Å². The number of allylic oxidation sites excluding steroid dienone is 6. The Kier molecular flexibility index (Phi) is 3.99. The fraction of sp³-hybridized carbons (Fsp3) is 0.680. The first-order valence-corrected chi connectivity index (χ1v) is 11.1. The fourth-order valence-electron chi connectivity index (χ4n) is 8.07. The van der Waals surface area contributed by atoms with Gasteiger partial charge in [0.15, 0.2) is 0 Å². The molecule has 1 heterocycles. The summed E-state index contributed by atoms with van der Waals surface area (Å²) in [6.45, 7) is 5.26.